The molecule has 2 rings (SSSR count). The van der Waals surface area contributed by atoms with Crippen molar-refractivity contribution in [3.05, 3.63) is 59.2 Å². The second-order valence-corrected chi connectivity index (χ2v) is 3.96. The van der Waals surface area contributed by atoms with Gasteiger partial charge in [-0.05, 0) is 48.2 Å². The molecular formula is C14H12F2. The van der Waals surface area contributed by atoms with E-state index in [1.165, 1.54) is 17.7 Å². The van der Waals surface area contributed by atoms with Crippen LogP contribution in [0.1, 0.15) is 11.1 Å². The van der Waals surface area contributed by atoms with Gasteiger partial charge in [0.15, 0.2) is 0 Å². The van der Waals surface area contributed by atoms with Gasteiger partial charge in [-0.25, -0.2) is 8.78 Å². The highest BCUT2D eigenvalue weighted by atomic mass is 19.1. The molecule has 0 amide bonds. The molecule has 0 radical (unpaired) electrons. The summed E-state index contributed by atoms with van der Waals surface area (Å²) in [7, 11) is 0. The fourth-order valence-corrected chi connectivity index (χ4v) is 1.64. The van der Waals surface area contributed by atoms with Gasteiger partial charge in [-0.1, -0.05) is 18.2 Å². The molecule has 0 N–H and O–H groups in total. The van der Waals surface area contributed by atoms with Gasteiger partial charge >= 0.3 is 0 Å². The van der Waals surface area contributed by atoms with E-state index >= 15 is 0 Å². The van der Waals surface area contributed by atoms with Crippen LogP contribution in [0, 0.1) is 25.5 Å². The van der Waals surface area contributed by atoms with E-state index in [1.54, 1.807) is 0 Å². The van der Waals surface area contributed by atoms with Crippen molar-refractivity contribution in [1.82, 2.24) is 0 Å². The molecule has 2 aromatic rings. The van der Waals surface area contributed by atoms with Gasteiger partial charge in [-0.2, -0.15) is 0 Å². The van der Waals surface area contributed by atoms with E-state index < -0.39 is 11.6 Å². The summed E-state index contributed by atoms with van der Waals surface area (Å²) in [5, 5.41) is 0. The number of benzene rings is 2. The SMILES string of the molecule is Cc1ccc(-c2cc(F)cc(F)c2)cc1C. The standard InChI is InChI=1S/C14H12F2/c1-9-3-4-11(5-10(9)2)12-6-13(15)8-14(16)7-12/h3-8H,1-2H3. The molecule has 0 spiro atoms. The zero-order valence-electron chi connectivity index (χ0n) is 9.22. The second kappa shape index (κ2) is 4.05. The zero-order chi connectivity index (χ0) is 11.7. The van der Waals surface area contributed by atoms with E-state index in [4.69, 9.17) is 0 Å². The molecule has 0 bridgehead atoms. The van der Waals surface area contributed by atoms with Crippen LogP contribution < -0.4 is 0 Å². The Morgan fingerprint density at radius 1 is 0.688 bits per heavy atom. The lowest BCUT2D eigenvalue weighted by Crippen LogP contribution is -1.86. The van der Waals surface area contributed by atoms with E-state index in [-0.39, 0.29) is 0 Å². The van der Waals surface area contributed by atoms with Crippen LogP contribution in [-0.4, -0.2) is 0 Å². The number of hydrogen-bond donors (Lipinski definition) is 0. The van der Waals surface area contributed by atoms with Crippen LogP contribution in [0.15, 0.2) is 36.4 Å². The third-order valence-electron chi connectivity index (χ3n) is 2.70. The molecule has 0 aromatic heterocycles. The maximum atomic E-state index is 13.1. The minimum Gasteiger partial charge on any atom is -0.207 e. The third-order valence-corrected chi connectivity index (χ3v) is 2.70. The number of rotatable bonds is 1. The Balaban J connectivity index is 2.54. The number of halogens is 2. The summed E-state index contributed by atoms with van der Waals surface area (Å²) in [5.74, 6) is -1.10. The van der Waals surface area contributed by atoms with Gasteiger partial charge in [0.05, 0.1) is 0 Å². The molecule has 0 fully saturated rings. The largest absolute Gasteiger partial charge is 0.207 e. The fourth-order valence-electron chi connectivity index (χ4n) is 1.64. The molecule has 0 saturated heterocycles. The molecule has 0 nitrogen and oxygen atoms in total. The highest BCUT2D eigenvalue weighted by molar-refractivity contribution is 5.64. The van der Waals surface area contributed by atoms with Crippen LogP contribution in [0.3, 0.4) is 0 Å². The molecular weight excluding hydrogens is 206 g/mol. The average molecular weight is 218 g/mol. The van der Waals surface area contributed by atoms with Crippen LogP contribution in [0.2, 0.25) is 0 Å². The molecule has 16 heavy (non-hydrogen) atoms. The Morgan fingerprint density at radius 2 is 1.31 bits per heavy atom. The van der Waals surface area contributed by atoms with Crippen LogP contribution in [0.4, 0.5) is 8.78 Å². The lowest BCUT2D eigenvalue weighted by Gasteiger charge is -2.06. The van der Waals surface area contributed by atoms with Crippen molar-refractivity contribution in [3.63, 3.8) is 0 Å². The minimum absolute atomic E-state index is 0.548. The number of hydrogen-bond acceptors (Lipinski definition) is 0. The van der Waals surface area contributed by atoms with Crippen LogP contribution >= 0.6 is 0 Å². The van der Waals surface area contributed by atoms with Crippen LogP contribution in [0.25, 0.3) is 11.1 Å². The van der Waals surface area contributed by atoms with Crippen LogP contribution in [0.5, 0.6) is 0 Å². The predicted octanol–water partition coefficient (Wildman–Crippen LogP) is 4.25. The van der Waals surface area contributed by atoms with Crippen molar-refractivity contribution in [2.75, 3.05) is 0 Å². The maximum absolute atomic E-state index is 13.1. The highest BCUT2D eigenvalue weighted by Crippen LogP contribution is 2.23. The monoisotopic (exact) mass is 218 g/mol. The average Bonchev–Trinajstić information content (AvgIpc) is 2.20. The Hall–Kier alpha value is -1.70. The van der Waals surface area contributed by atoms with Crippen molar-refractivity contribution in [2.45, 2.75) is 13.8 Å². The quantitative estimate of drug-likeness (QED) is 0.671. The molecule has 0 saturated carbocycles. The first kappa shape index (κ1) is 10.8. The summed E-state index contributed by atoms with van der Waals surface area (Å²) in [6.45, 7) is 3.99. The van der Waals surface area contributed by atoms with Crippen molar-refractivity contribution < 1.29 is 8.78 Å². The normalized spacial score (nSPS) is 10.5. The predicted molar refractivity (Wildman–Crippen MR) is 61.3 cm³/mol. The Morgan fingerprint density at radius 3 is 1.88 bits per heavy atom. The van der Waals surface area contributed by atoms with E-state index in [2.05, 4.69) is 0 Å². The lowest BCUT2D eigenvalue weighted by atomic mass is 10.0. The van der Waals surface area contributed by atoms with Gasteiger partial charge < -0.3 is 0 Å². The van der Waals surface area contributed by atoms with Gasteiger partial charge in [0.1, 0.15) is 11.6 Å². The molecule has 0 unspecified atom stereocenters. The smallest absolute Gasteiger partial charge is 0.126 e. The zero-order valence-corrected chi connectivity index (χ0v) is 9.22. The third kappa shape index (κ3) is 2.11. The van der Waals surface area contributed by atoms with Gasteiger partial charge in [0.2, 0.25) is 0 Å². The summed E-state index contributed by atoms with van der Waals surface area (Å²) < 4.78 is 26.1. The fraction of sp³-hybridized carbons (Fsp3) is 0.143. The minimum atomic E-state index is -0.548. The first-order chi connectivity index (χ1) is 7.56. The lowest BCUT2D eigenvalue weighted by molar-refractivity contribution is 0.584. The van der Waals surface area contributed by atoms with Crippen molar-refractivity contribution in [3.8, 4) is 11.1 Å². The van der Waals surface area contributed by atoms with Crippen molar-refractivity contribution in [2.24, 2.45) is 0 Å². The molecule has 0 aliphatic carbocycles. The van der Waals surface area contributed by atoms with Gasteiger partial charge in [-0.15, -0.1) is 0 Å². The Bertz CT molecular complexity index is 510. The van der Waals surface area contributed by atoms with Crippen molar-refractivity contribution >= 4 is 0 Å². The first-order valence-corrected chi connectivity index (χ1v) is 5.10. The second-order valence-electron chi connectivity index (χ2n) is 3.96. The van der Waals surface area contributed by atoms with Crippen molar-refractivity contribution in [1.29, 1.82) is 0 Å². The summed E-state index contributed by atoms with van der Waals surface area (Å²) in [5.41, 5.74) is 3.69. The molecule has 2 heteroatoms. The number of aryl methyl sites for hydroxylation is 2. The molecule has 0 heterocycles. The molecule has 0 atom stereocenters. The topological polar surface area (TPSA) is 0 Å². The van der Waals surface area contributed by atoms with E-state index in [0.29, 0.717) is 5.56 Å². The van der Waals surface area contributed by atoms with E-state index in [0.717, 1.165) is 17.2 Å². The summed E-state index contributed by atoms with van der Waals surface area (Å²) in [6.07, 6.45) is 0. The van der Waals surface area contributed by atoms with Gasteiger partial charge in [0.25, 0.3) is 0 Å². The van der Waals surface area contributed by atoms with Crippen LogP contribution in [-0.2, 0) is 0 Å². The first-order valence-electron chi connectivity index (χ1n) is 5.10. The van der Waals surface area contributed by atoms with Gasteiger partial charge in [0, 0.05) is 6.07 Å². The molecule has 82 valence electrons. The van der Waals surface area contributed by atoms with E-state index in [9.17, 15) is 8.78 Å². The Kier molecular flexibility index (Phi) is 2.73. The molecule has 0 aliphatic heterocycles. The Labute approximate surface area is 93.5 Å². The van der Waals surface area contributed by atoms with Gasteiger partial charge in [-0.3, -0.25) is 0 Å². The summed E-state index contributed by atoms with van der Waals surface area (Å²) in [6, 6.07) is 9.32. The molecule has 0 aliphatic rings. The highest BCUT2D eigenvalue weighted by Gasteiger charge is 2.04. The summed E-state index contributed by atoms with van der Waals surface area (Å²) in [4.78, 5) is 0. The maximum Gasteiger partial charge on any atom is 0.126 e. The molecule has 2 aromatic carbocycles. The summed E-state index contributed by atoms with van der Waals surface area (Å²) >= 11 is 0. The van der Waals surface area contributed by atoms with E-state index in [1.807, 2.05) is 32.0 Å².